The molecule has 1 N–H and O–H groups in total. The van der Waals surface area contributed by atoms with Gasteiger partial charge in [-0.1, -0.05) is 12.1 Å². The summed E-state index contributed by atoms with van der Waals surface area (Å²) in [4.78, 5) is 21.2. The predicted octanol–water partition coefficient (Wildman–Crippen LogP) is 4.92. The second-order valence-electron chi connectivity index (χ2n) is 10.1. The van der Waals surface area contributed by atoms with Gasteiger partial charge >= 0.3 is 6.18 Å². The van der Waals surface area contributed by atoms with Crippen LogP contribution in [0, 0.1) is 0 Å². The number of carbonyl (C=O) groups excluding carboxylic acids is 1. The van der Waals surface area contributed by atoms with E-state index in [0.717, 1.165) is 67.0 Å². The van der Waals surface area contributed by atoms with Crippen molar-refractivity contribution in [2.24, 2.45) is 0 Å². The molecule has 2 atom stereocenters. The van der Waals surface area contributed by atoms with Gasteiger partial charge in [0.25, 0.3) is 5.91 Å². The van der Waals surface area contributed by atoms with Crippen molar-refractivity contribution in [3.63, 3.8) is 0 Å². The summed E-state index contributed by atoms with van der Waals surface area (Å²) in [5.41, 5.74) is 6.13. The normalized spacial score (nSPS) is 24.1. The van der Waals surface area contributed by atoms with Gasteiger partial charge in [0.15, 0.2) is 0 Å². The van der Waals surface area contributed by atoms with Crippen LogP contribution < -0.4 is 15.2 Å². The van der Waals surface area contributed by atoms with E-state index in [4.69, 9.17) is 4.74 Å². The molecular weight excluding hydrogens is 483 g/mol. The molecule has 10 heteroatoms. The SMILES string of the molecule is O=C1C2=CN(C3CCCCO3)NC2c2ccc(-c3cccnc3N3CCCCC3)cc2N1CC(F)(F)F. The Hall–Kier alpha value is -3.11. The van der Waals surface area contributed by atoms with Gasteiger partial charge < -0.3 is 9.64 Å². The average Bonchev–Trinajstić information content (AvgIpc) is 3.37. The summed E-state index contributed by atoms with van der Waals surface area (Å²) < 4.78 is 46.9. The number of alkyl halides is 3. The zero-order chi connectivity index (χ0) is 25.6. The van der Waals surface area contributed by atoms with Crippen LogP contribution in [0.25, 0.3) is 11.1 Å². The van der Waals surface area contributed by atoms with Crippen LogP contribution in [0.1, 0.15) is 50.1 Å². The van der Waals surface area contributed by atoms with Crippen molar-refractivity contribution in [1.29, 1.82) is 0 Å². The van der Waals surface area contributed by atoms with E-state index in [9.17, 15) is 18.0 Å². The number of pyridine rings is 1. The Kier molecular flexibility index (Phi) is 6.32. The van der Waals surface area contributed by atoms with Crippen molar-refractivity contribution in [3.05, 3.63) is 53.9 Å². The van der Waals surface area contributed by atoms with Crippen LogP contribution in [0.15, 0.2) is 48.3 Å². The minimum Gasteiger partial charge on any atom is -0.357 e. The Balaban J connectivity index is 1.40. The Labute approximate surface area is 213 Å². The average molecular weight is 514 g/mol. The first-order chi connectivity index (χ1) is 17.9. The van der Waals surface area contributed by atoms with Gasteiger partial charge in [0.2, 0.25) is 0 Å². The topological polar surface area (TPSA) is 60.9 Å². The zero-order valence-corrected chi connectivity index (χ0v) is 20.5. The van der Waals surface area contributed by atoms with E-state index in [0.29, 0.717) is 17.7 Å². The lowest BCUT2D eigenvalue weighted by molar-refractivity contribution is -0.130. The van der Waals surface area contributed by atoms with E-state index in [1.54, 1.807) is 23.5 Å². The van der Waals surface area contributed by atoms with Gasteiger partial charge in [-0.2, -0.15) is 13.2 Å². The molecule has 4 aliphatic rings. The minimum atomic E-state index is -4.54. The molecule has 2 unspecified atom stereocenters. The van der Waals surface area contributed by atoms with E-state index < -0.39 is 24.7 Å². The summed E-state index contributed by atoms with van der Waals surface area (Å²) in [5.74, 6) is 0.187. The van der Waals surface area contributed by atoms with Crippen molar-refractivity contribution in [2.45, 2.75) is 57.0 Å². The summed E-state index contributed by atoms with van der Waals surface area (Å²) in [7, 11) is 0. The number of rotatable bonds is 4. The number of nitrogens with zero attached hydrogens (tertiary/aromatic N) is 4. The highest BCUT2D eigenvalue weighted by molar-refractivity contribution is 6.10. The largest absolute Gasteiger partial charge is 0.406 e. The van der Waals surface area contributed by atoms with E-state index in [1.165, 1.54) is 6.42 Å². The second-order valence-corrected chi connectivity index (χ2v) is 10.1. The van der Waals surface area contributed by atoms with Crippen LogP contribution in [-0.4, -0.2) is 54.5 Å². The quantitative estimate of drug-likeness (QED) is 0.627. The van der Waals surface area contributed by atoms with Crippen LogP contribution in [0.2, 0.25) is 0 Å². The summed E-state index contributed by atoms with van der Waals surface area (Å²) in [6.45, 7) is 1.06. The van der Waals surface area contributed by atoms with Crippen LogP contribution in [-0.2, 0) is 9.53 Å². The van der Waals surface area contributed by atoms with Crippen molar-refractivity contribution in [2.75, 3.05) is 36.0 Å². The van der Waals surface area contributed by atoms with E-state index >= 15 is 0 Å². The number of hydrazine groups is 1. The van der Waals surface area contributed by atoms with E-state index in [2.05, 4.69) is 15.3 Å². The molecule has 2 aromatic rings. The van der Waals surface area contributed by atoms with E-state index in [-0.39, 0.29) is 11.9 Å². The van der Waals surface area contributed by atoms with Crippen LogP contribution >= 0.6 is 0 Å². The molecule has 196 valence electrons. The monoisotopic (exact) mass is 513 g/mol. The van der Waals surface area contributed by atoms with Gasteiger partial charge in [-0.15, -0.1) is 0 Å². The highest BCUT2D eigenvalue weighted by Crippen LogP contribution is 2.44. The number of anilines is 2. The molecule has 2 saturated heterocycles. The number of carbonyl (C=O) groups is 1. The number of fused-ring (bicyclic) bond motifs is 3. The lowest BCUT2D eigenvalue weighted by Gasteiger charge is -2.36. The molecule has 6 rings (SSSR count). The third kappa shape index (κ3) is 4.68. The Morgan fingerprint density at radius 3 is 2.68 bits per heavy atom. The van der Waals surface area contributed by atoms with Gasteiger partial charge in [-0.05, 0) is 67.9 Å². The highest BCUT2D eigenvalue weighted by atomic mass is 19.4. The number of amides is 1. The first-order valence-electron chi connectivity index (χ1n) is 13.0. The molecule has 0 radical (unpaired) electrons. The van der Waals surface area contributed by atoms with Gasteiger partial charge in [0.05, 0.1) is 17.3 Å². The molecule has 4 aliphatic heterocycles. The Morgan fingerprint density at radius 2 is 1.92 bits per heavy atom. The third-order valence-electron chi connectivity index (χ3n) is 7.55. The number of halogens is 3. The first kappa shape index (κ1) is 24.2. The number of hydrogen-bond acceptors (Lipinski definition) is 6. The number of nitrogens with one attached hydrogen (secondary N) is 1. The van der Waals surface area contributed by atoms with Crippen LogP contribution in [0.3, 0.4) is 0 Å². The molecular formula is C27H30F3N5O2. The number of aromatic nitrogens is 1. The third-order valence-corrected chi connectivity index (χ3v) is 7.55. The molecule has 1 aromatic carbocycles. The fourth-order valence-electron chi connectivity index (χ4n) is 5.78. The standard InChI is InChI=1S/C27H30F3N5O2/c28-27(29,30)17-34-22-15-18(19-7-6-11-31-25(19)33-12-3-1-4-13-33)9-10-20(22)24-21(26(34)36)16-35(32-24)23-8-2-5-14-37-23/h6-7,9-11,15-16,23-24,32H,1-5,8,12-14,17H2. The minimum absolute atomic E-state index is 0.249. The van der Waals surface area contributed by atoms with E-state index in [1.807, 2.05) is 24.3 Å². The van der Waals surface area contributed by atoms with Crippen molar-refractivity contribution in [1.82, 2.24) is 15.4 Å². The molecule has 7 nitrogen and oxygen atoms in total. The molecule has 0 spiro atoms. The van der Waals surface area contributed by atoms with Gasteiger partial charge in [-0.3, -0.25) is 14.7 Å². The molecule has 1 amide bonds. The van der Waals surface area contributed by atoms with Crippen LogP contribution in [0.4, 0.5) is 24.7 Å². The number of ether oxygens (including phenoxy) is 1. The molecule has 0 saturated carbocycles. The second kappa shape index (κ2) is 9.64. The summed E-state index contributed by atoms with van der Waals surface area (Å²) in [6, 6.07) is 8.72. The predicted molar refractivity (Wildman–Crippen MR) is 134 cm³/mol. The maximum Gasteiger partial charge on any atom is 0.406 e. The molecule has 2 fully saturated rings. The first-order valence-corrected chi connectivity index (χ1v) is 13.0. The Bertz CT molecular complexity index is 1200. The fraction of sp³-hybridized carbons (Fsp3) is 0.481. The highest BCUT2D eigenvalue weighted by Gasteiger charge is 2.45. The lowest BCUT2D eigenvalue weighted by atomic mass is 9.90. The molecule has 1 aromatic heterocycles. The van der Waals surface area contributed by atoms with Gasteiger partial charge in [-0.25, -0.2) is 10.4 Å². The number of hydrogen-bond donors (Lipinski definition) is 1. The van der Waals surface area contributed by atoms with Crippen molar-refractivity contribution in [3.8, 4) is 11.1 Å². The number of piperidine rings is 1. The lowest BCUT2D eigenvalue weighted by Crippen LogP contribution is -2.46. The maximum absolute atomic E-state index is 13.7. The summed E-state index contributed by atoms with van der Waals surface area (Å²) >= 11 is 0. The molecule has 0 bridgehead atoms. The summed E-state index contributed by atoms with van der Waals surface area (Å²) in [5, 5.41) is 1.75. The zero-order valence-electron chi connectivity index (χ0n) is 20.5. The molecule has 37 heavy (non-hydrogen) atoms. The van der Waals surface area contributed by atoms with Gasteiger partial charge in [0.1, 0.15) is 18.6 Å². The van der Waals surface area contributed by atoms with Gasteiger partial charge in [0, 0.05) is 37.7 Å². The van der Waals surface area contributed by atoms with Crippen molar-refractivity contribution < 1.29 is 22.7 Å². The smallest absolute Gasteiger partial charge is 0.357 e. The summed E-state index contributed by atoms with van der Waals surface area (Å²) in [6.07, 6.45) is 4.68. The van der Waals surface area contributed by atoms with Crippen LogP contribution in [0.5, 0.6) is 0 Å². The Morgan fingerprint density at radius 1 is 1.08 bits per heavy atom. The molecule has 5 heterocycles. The number of benzene rings is 1. The fourth-order valence-corrected chi connectivity index (χ4v) is 5.78. The molecule has 0 aliphatic carbocycles. The van der Waals surface area contributed by atoms with Crippen molar-refractivity contribution >= 4 is 17.4 Å². The maximum atomic E-state index is 13.7.